The molecule has 0 amide bonds. The third-order valence-electron chi connectivity index (χ3n) is 4.25. The fourth-order valence-electron chi connectivity index (χ4n) is 3.13. The van der Waals surface area contributed by atoms with Crippen molar-refractivity contribution in [2.45, 2.75) is 25.4 Å². The molecule has 2 atom stereocenters. The van der Waals surface area contributed by atoms with E-state index >= 15 is 0 Å². The topological polar surface area (TPSA) is 69.6 Å². The number of aromatic carboxylic acids is 1. The van der Waals surface area contributed by atoms with E-state index in [4.69, 9.17) is 0 Å². The van der Waals surface area contributed by atoms with Crippen molar-refractivity contribution < 1.29 is 15.0 Å². The molecular formula is C17H19NO3. The first kappa shape index (κ1) is 13.9. The Bertz CT molecular complexity index is 668. The zero-order valence-electron chi connectivity index (χ0n) is 11.7. The van der Waals surface area contributed by atoms with E-state index in [1.807, 2.05) is 30.3 Å². The van der Waals surface area contributed by atoms with Crippen molar-refractivity contribution in [1.82, 2.24) is 0 Å². The van der Waals surface area contributed by atoms with Gasteiger partial charge in [-0.2, -0.15) is 0 Å². The van der Waals surface area contributed by atoms with Crippen molar-refractivity contribution in [2.75, 3.05) is 11.9 Å². The van der Waals surface area contributed by atoms with E-state index < -0.39 is 5.97 Å². The fourth-order valence-corrected chi connectivity index (χ4v) is 3.13. The van der Waals surface area contributed by atoms with Crippen LogP contribution in [-0.2, 0) is 0 Å². The average Bonchev–Trinajstić information content (AvgIpc) is 2.90. The van der Waals surface area contributed by atoms with Gasteiger partial charge in [-0.15, -0.1) is 0 Å². The van der Waals surface area contributed by atoms with Crippen molar-refractivity contribution in [1.29, 1.82) is 0 Å². The Labute approximate surface area is 123 Å². The van der Waals surface area contributed by atoms with Gasteiger partial charge in [0.15, 0.2) is 0 Å². The minimum Gasteiger partial charge on any atom is -0.478 e. The van der Waals surface area contributed by atoms with E-state index in [9.17, 15) is 15.0 Å². The second kappa shape index (κ2) is 5.74. The van der Waals surface area contributed by atoms with E-state index in [1.165, 1.54) is 0 Å². The Morgan fingerprint density at radius 3 is 2.57 bits per heavy atom. The summed E-state index contributed by atoms with van der Waals surface area (Å²) in [5.74, 6) is -0.422. The normalized spacial score (nSPS) is 21.6. The molecule has 0 spiro atoms. The standard InChI is InChI=1S/C17H19NO3/c19-12-6-5-11(9-12)10-18-16-8-7-15(17(20)21)13-3-1-2-4-14(13)16/h1-4,7-8,11-12,18-19H,5-6,9-10H2,(H,20,21). The predicted octanol–water partition coefficient (Wildman–Crippen LogP) is 3.11. The lowest BCUT2D eigenvalue weighted by molar-refractivity contribution is 0.0699. The first-order valence-electron chi connectivity index (χ1n) is 7.32. The monoisotopic (exact) mass is 285 g/mol. The molecule has 2 unspecified atom stereocenters. The second-order valence-electron chi connectivity index (χ2n) is 5.73. The van der Waals surface area contributed by atoms with Crippen LogP contribution in [0.1, 0.15) is 29.6 Å². The number of hydrogen-bond donors (Lipinski definition) is 3. The first-order valence-corrected chi connectivity index (χ1v) is 7.32. The van der Waals surface area contributed by atoms with Crippen LogP contribution in [0.25, 0.3) is 10.8 Å². The Hall–Kier alpha value is -2.07. The predicted molar refractivity (Wildman–Crippen MR) is 82.7 cm³/mol. The number of fused-ring (bicyclic) bond motifs is 1. The van der Waals surface area contributed by atoms with Gasteiger partial charge in [0.1, 0.15) is 0 Å². The molecule has 0 heterocycles. The largest absolute Gasteiger partial charge is 0.478 e. The molecule has 3 N–H and O–H groups in total. The Kier molecular flexibility index (Phi) is 3.80. The molecule has 1 saturated carbocycles. The van der Waals surface area contributed by atoms with Crippen LogP contribution in [-0.4, -0.2) is 28.8 Å². The molecule has 2 aromatic carbocycles. The number of rotatable bonds is 4. The molecule has 1 aliphatic carbocycles. The number of carboxylic acids is 1. The Morgan fingerprint density at radius 2 is 1.90 bits per heavy atom. The van der Waals surface area contributed by atoms with Gasteiger partial charge in [0.25, 0.3) is 0 Å². The quantitative estimate of drug-likeness (QED) is 0.807. The van der Waals surface area contributed by atoms with Crippen LogP contribution >= 0.6 is 0 Å². The van der Waals surface area contributed by atoms with Gasteiger partial charge >= 0.3 is 5.97 Å². The lowest BCUT2D eigenvalue weighted by atomic mass is 10.0. The number of carboxylic acid groups (broad SMARTS) is 1. The number of aliphatic hydroxyl groups excluding tert-OH is 1. The van der Waals surface area contributed by atoms with E-state index in [-0.39, 0.29) is 6.10 Å². The fraction of sp³-hybridized carbons (Fsp3) is 0.353. The summed E-state index contributed by atoms with van der Waals surface area (Å²) in [5, 5.41) is 23.9. The van der Waals surface area contributed by atoms with Crippen LogP contribution in [0.15, 0.2) is 36.4 Å². The molecule has 2 aromatic rings. The van der Waals surface area contributed by atoms with Gasteiger partial charge in [0.2, 0.25) is 0 Å². The van der Waals surface area contributed by atoms with Gasteiger partial charge in [-0.25, -0.2) is 4.79 Å². The van der Waals surface area contributed by atoms with E-state index in [1.54, 1.807) is 6.07 Å². The number of hydrogen-bond acceptors (Lipinski definition) is 3. The first-order chi connectivity index (χ1) is 10.1. The molecule has 1 fully saturated rings. The SMILES string of the molecule is O=C(O)c1ccc(NCC2CCC(O)C2)c2ccccc12. The summed E-state index contributed by atoms with van der Waals surface area (Å²) in [6, 6.07) is 11.0. The van der Waals surface area contributed by atoms with Gasteiger partial charge in [-0.05, 0) is 42.7 Å². The van der Waals surface area contributed by atoms with Crippen molar-refractivity contribution in [2.24, 2.45) is 5.92 Å². The molecule has 110 valence electrons. The highest BCUT2D eigenvalue weighted by Gasteiger charge is 2.22. The highest BCUT2D eigenvalue weighted by atomic mass is 16.4. The van der Waals surface area contributed by atoms with Crippen molar-refractivity contribution >= 4 is 22.4 Å². The van der Waals surface area contributed by atoms with Crippen LogP contribution in [0.4, 0.5) is 5.69 Å². The zero-order chi connectivity index (χ0) is 14.8. The average molecular weight is 285 g/mol. The molecule has 0 radical (unpaired) electrons. The summed E-state index contributed by atoms with van der Waals surface area (Å²) in [6.07, 6.45) is 2.60. The zero-order valence-corrected chi connectivity index (χ0v) is 11.7. The minimum absolute atomic E-state index is 0.164. The van der Waals surface area contributed by atoms with Crippen LogP contribution in [0.3, 0.4) is 0 Å². The minimum atomic E-state index is -0.906. The third kappa shape index (κ3) is 2.85. The number of carbonyl (C=O) groups is 1. The van der Waals surface area contributed by atoms with E-state index in [0.29, 0.717) is 11.5 Å². The van der Waals surface area contributed by atoms with E-state index in [0.717, 1.165) is 42.3 Å². The van der Waals surface area contributed by atoms with Gasteiger partial charge in [-0.3, -0.25) is 0 Å². The molecule has 3 rings (SSSR count). The molecule has 21 heavy (non-hydrogen) atoms. The molecule has 4 nitrogen and oxygen atoms in total. The highest BCUT2D eigenvalue weighted by Crippen LogP contribution is 2.29. The summed E-state index contributed by atoms with van der Waals surface area (Å²) in [5.41, 5.74) is 1.28. The van der Waals surface area contributed by atoms with Gasteiger partial charge in [-0.1, -0.05) is 24.3 Å². The van der Waals surface area contributed by atoms with Crippen molar-refractivity contribution in [3.63, 3.8) is 0 Å². The summed E-state index contributed by atoms with van der Waals surface area (Å²) >= 11 is 0. The van der Waals surface area contributed by atoms with Gasteiger partial charge in [0, 0.05) is 17.6 Å². The highest BCUT2D eigenvalue weighted by molar-refractivity contribution is 6.07. The molecule has 4 heteroatoms. The van der Waals surface area contributed by atoms with Gasteiger partial charge in [0.05, 0.1) is 11.7 Å². The van der Waals surface area contributed by atoms with Crippen molar-refractivity contribution in [3.8, 4) is 0 Å². The second-order valence-corrected chi connectivity index (χ2v) is 5.73. The summed E-state index contributed by atoms with van der Waals surface area (Å²) in [4.78, 5) is 11.3. The maximum atomic E-state index is 11.3. The molecule has 0 saturated heterocycles. The lowest BCUT2D eigenvalue weighted by Crippen LogP contribution is -2.13. The summed E-state index contributed by atoms with van der Waals surface area (Å²) < 4.78 is 0. The maximum absolute atomic E-state index is 11.3. The third-order valence-corrected chi connectivity index (χ3v) is 4.25. The summed E-state index contributed by atoms with van der Waals surface area (Å²) in [7, 11) is 0. The molecule has 0 aliphatic heterocycles. The number of anilines is 1. The Balaban J connectivity index is 1.86. The molecule has 1 aliphatic rings. The van der Waals surface area contributed by atoms with Crippen LogP contribution in [0, 0.1) is 5.92 Å². The van der Waals surface area contributed by atoms with Crippen LogP contribution in [0.2, 0.25) is 0 Å². The Morgan fingerprint density at radius 1 is 1.14 bits per heavy atom. The van der Waals surface area contributed by atoms with E-state index in [2.05, 4.69) is 5.32 Å². The molecular weight excluding hydrogens is 266 g/mol. The number of benzene rings is 2. The smallest absolute Gasteiger partial charge is 0.336 e. The molecule has 0 bridgehead atoms. The summed E-state index contributed by atoms with van der Waals surface area (Å²) in [6.45, 7) is 0.813. The van der Waals surface area contributed by atoms with Crippen LogP contribution < -0.4 is 5.32 Å². The van der Waals surface area contributed by atoms with Gasteiger partial charge < -0.3 is 15.5 Å². The molecule has 0 aromatic heterocycles. The lowest BCUT2D eigenvalue weighted by Gasteiger charge is -2.15. The number of aliphatic hydroxyl groups is 1. The van der Waals surface area contributed by atoms with Crippen LogP contribution in [0.5, 0.6) is 0 Å². The maximum Gasteiger partial charge on any atom is 0.336 e. The number of nitrogens with one attached hydrogen (secondary N) is 1. The van der Waals surface area contributed by atoms with Crippen molar-refractivity contribution in [3.05, 3.63) is 42.0 Å².